The smallest absolute Gasteiger partial charge is 0.383 e. The first-order valence-corrected chi connectivity index (χ1v) is 11.9. The van der Waals surface area contributed by atoms with Gasteiger partial charge in [-0.2, -0.15) is 13.2 Å². The van der Waals surface area contributed by atoms with E-state index in [1.165, 1.54) is 17.8 Å². The van der Waals surface area contributed by atoms with E-state index in [9.17, 15) is 18.0 Å². The van der Waals surface area contributed by atoms with Gasteiger partial charge in [0, 0.05) is 42.9 Å². The fraction of sp³-hybridized carbons (Fsp3) is 0.200. The van der Waals surface area contributed by atoms with Gasteiger partial charge in [0.15, 0.2) is 11.0 Å². The molecule has 2 aromatic heterocycles. The molecule has 0 radical (unpaired) electrons. The number of pyridine rings is 1. The predicted octanol–water partition coefficient (Wildman–Crippen LogP) is 5.02. The average Bonchev–Trinajstić information content (AvgIpc) is 3.32. The lowest BCUT2D eigenvalue weighted by molar-refractivity contribution is -0.137. The number of amides is 1. The van der Waals surface area contributed by atoms with Crippen molar-refractivity contribution in [3.05, 3.63) is 89.7 Å². The summed E-state index contributed by atoms with van der Waals surface area (Å²) in [7, 11) is 1.55. The molecule has 186 valence electrons. The third kappa shape index (κ3) is 5.92. The summed E-state index contributed by atoms with van der Waals surface area (Å²) < 4.78 is 46.9. The number of alkyl halides is 3. The van der Waals surface area contributed by atoms with E-state index in [4.69, 9.17) is 4.74 Å². The Morgan fingerprint density at radius 1 is 1.06 bits per heavy atom. The van der Waals surface area contributed by atoms with E-state index in [1.807, 2.05) is 12.1 Å². The first-order valence-electron chi connectivity index (χ1n) is 10.9. The highest BCUT2D eigenvalue weighted by Gasteiger charge is 2.31. The van der Waals surface area contributed by atoms with Gasteiger partial charge < -0.3 is 10.1 Å². The van der Waals surface area contributed by atoms with Crippen molar-refractivity contribution in [3.8, 4) is 17.1 Å². The van der Waals surface area contributed by atoms with Crippen molar-refractivity contribution in [2.45, 2.75) is 17.1 Å². The van der Waals surface area contributed by atoms with Crippen LogP contribution in [0.5, 0.6) is 0 Å². The van der Waals surface area contributed by atoms with Gasteiger partial charge in [0.1, 0.15) is 0 Å². The minimum absolute atomic E-state index is 0.236. The molecule has 0 atom stereocenters. The third-order valence-electron chi connectivity index (χ3n) is 5.21. The number of nitrogens with zero attached hydrogens (tertiary/aromatic N) is 4. The van der Waals surface area contributed by atoms with Crippen LogP contribution in [0.4, 0.5) is 13.2 Å². The second-order valence-corrected chi connectivity index (χ2v) is 8.56. The molecule has 0 aliphatic rings. The van der Waals surface area contributed by atoms with Crippen molar-refractivity contribution >= 4 is 17.7 Å². The average molecular weight is 514 g/mol. The molecule has 0 aliphatic carbocycles. The number of aromatic nitrogens is 4. The van der Waals surface area contributed by atoms with Crippen LogP contribution in [0.25, 0.3) is 17.1 Å². The summed E-state index contributed by atoms with van der Waals surface area (Å²) in [6, 6.07) is 15.6. The van der Waals surface area contributed by atoms with Gasteiger partial charge in [-0.1, -0.05) is 36.0 Å². The van der Waals surface area contributed by atoms with Crippen LogP contribution >= 0.6 is 11.8 Å². The summed E-state index contributed by atoms with van der Waals surface area (Å²) in [6.45, 7) is 0.760. The molecular weight excluding hydrogens is 491 g/mol. The normalized spacial score (nSPS) is 11.4. The van der Waals surface area contributed by atoms with Crippen LogP contribution < -0.4 is 5.32 Å². The molecule has 0 unspecified atom stereocenters. The fourth-order valence-corrected chi connectivity index (χ4v) is 4.43. The molecular formula is C25H22F3N5O2S. The minimum atomic E-state index is -4.50. The minimum Gasteiger partial charge on any atom is -0.383 e. The second kappa shape index (κ2) is 11.4. The largest absolute Gasteiger partial charge is 0.416 e. The predicted molar refractivity (Wildman–Crippen MR) is 130 cm³/mol. The third-order valence-corrected chi connectivity index (χ3v) is 6.19. The number of carbonyl (C=O) groups is 1. The van der Waals surface area contributed by atoms with Gasteiger partial charge in [0.2, 0.25) is 0 Å². The SMILES string of the molecule is COCCNC(=O)c1ccccc1CSc1nnc(-c2ccncc2)n1-c1cccc(C(F)(F)F)c1. The first kappa shape index (κ1) is 25.4. The maximum absolute atomic E-state index is 13.4. The van der Waals surface area contributed by atoms with Crippen molar-refractivity contribution < 1.29 is 22.7 Å². The molecule has 2 heterocycles. The van der Waals surface area contributed by atoms with E-state index >= 15 is 0 Å². The molecule has 0 fully saturated rings. The standard InChI is InChI=1S/C25H22F3N5O2S/c1-35-14-13-30-23(34)21-8-3-2-5-18(21)16-36-24-32-31-22(17-9-11-29-12-10-17)33(24)20-7-4-6-19(15-20)25(26,27)28/h2-12,15H,13-14,16H2,1H3,(H,30,34). The molecule has 4 aromatic rings. The Morgan fingerprint density at radius 2 is 1.83 bits per heavy atom. The van der Waals surface area contributed by atoms with Crippen LogP contribution in [-0.4, -0.2) is 45.9 Å². The number of rotatable bonds is 9. The lowest BCUT2D eigenvalue weighted by atomic mass is 10.1. The Morgan fingerprint density at radius 3 is 2.58 bits per heavy atom. The zero-order chi connectivity index (χ0) is 25.5. The van der Waals surface area contributed by atoms with Gasteiger partial charge in [0.25, 0.3) is 5.91 Å². The molecule has 7 nitrogen and oxygen atoms in total. The van der Waals surface area contributed by atoms with Gasteiger partial charge in [0.05, 0.1) is 17.9 Å². The van der Waals surface area contributed by atoms with Crippen molar-refractivity contribution in [2.24, 2.45) is 0 Å². The molecule has 0 aliphatic heterocycles. The molecule has 11 heteroatoms. The summed E-state index contributed by atoms with van der Waals surface area (Å²) in [6.07, 6.45) is -1.35. The number of methoxy groups -OCH3 is 1. The quantitative estimate of drug-likeness (QED) is 0.250. The van der Waals surface area contributed by atoms with Crippen LogP contribution in [0.1, 0.15) is 21.5 Å². The number of thioether (sulfide) groups is 1. The highest BCUT2D eigenvalue weighted by atomic mass is 32.2. The number of hydrogen-bond acceptors (Lipinski definition) is 6. The number of benzene rings is 2. The molecule has 0 bridgehead atoms. The topological polar surface area (TPSA) is 81.9 Å². The number of halogens is 3. The van der Waals surface area contributed by atoms with E-state index in [2.05, 4.69) is 20.5 Å². The van der Waals surface area contributed by atoms with Gasteiger partial charge >= 0.3 is 6.18 Å². The van der Waals surface area contributed by atoms with Gasteiger partial charge in [-0.25, -0.2) is 0 Å². The Bertz CT molecular complexity index is 1330. The number of nitrogens with one attached hydrogen (secondary N) is 1. The van der Waals surface area contributed by atoms with E-state index in [1.54, 1.807) is 54.4 Å². The Hall–Kier alpha value is -3.70. The summed E-state index contributed by atoms with van der Waals surface area (Å²) in [5.41, 5.74) is 1.40. The lowest BCUT2D eigenvalue weighted by Gasteiger charge is -2.14. The van der Waals surface area contributed by atoms with Crippen molar-refractivity contribution in [3.63, 3.8) is 0 Å². The van der Waals surface area contributed by atoms with Crippen LogP contribution in [0.15, 0.2) is 78.2 Å². The fourth-order valence-electron chi connectivity index (χ4n) is 3.48. The monoisotopic (exact) mass is 513 g/mol. The Labute approximate surface area is 209 Å². The summed E-state index contributed by atoms with van der Waals surface area (Å²) in [5.74, 6) is 0.492. The van der Waals surface area contributed by atoms with Crippen LogP contribution in [0.2, 0.25) is 0 Å². The maximum atomic E-state index is 13.4. The summed E-state index contributed by atoms with van der Waals surface area (Å²) >= 11 is 1.27. The summed E-state index contributed by atoms with van der Waals surface area (Å²) in [5, 5.41) is 11.7. The second-order valence-electron chi connectivity index (χ2n) is 7.62. The van der Waals surface area contributed by atoms with Crippen molar-refractivity contribution in [2.75, 3.05) is 20.3 Å². The zero-order valence-corrected chi connectivity index (χ0v) is 20.0. The molecule has 1 N–H and O–H groups in total. The van der Waals surface area contributed by atoms with E-state index in [0.717, 1.165) is 17.7 Å². The highest BCUT2D eigenvalue weighted by Crippen LogP contribution is 2.34. The van der Waals surface area contributed by atoms with Gasteiger partial charge in [-0.15, -0.1) is 10.2 Å². The number of ether oxygens (including phenoxy) is 1. The molecule has 1 amide bonds. The Balaban J connectivity index is 1.68. The Kier molecular flexibility index (Phi) is 8.01. The van der Waals surface area contributed by atoms with E-state index in [0.29, 0.717) is 41.0 Å². The van der Waals surface area contributed by atoms with Gasteiger partial charge in [-0.3, -0.25) is 14.3 Å². The zero-order valence-electron chi connectivity index (χ0n) is 19.2. The van der Waals surface area contributed by atoms with Crippen LogP contribution in [0, 0.1) is 0 Å². The molecule has 4 rings (SSSR count). The van der Waals surface area contributed by atoms with Crippen molar-refractivity contribution in [1.29, 1.82) is 0 Å². The molecule has 0 saturated heterocycles. The highest BCUT2D eigenvalue weighted by molar-refractivity contribution is 7.98. The van der Waals surface area contributed by atoms with Crippen LogP contribution in [0.3, 0.4) is 0 Å². The summed E-state index contributed by atoms with van der Waals surface area (Å²) in [4.78, 5) is 16.6. The molecule has 0 spiro atoms. The molecule has 2 aromatic carbocycles. The van der Waals surface area contributed by atoms with Crippen molar-refractivity contribution in [1.82, 2.24) is 25.1 Å². The van der Waals surface area contributed by atoms with Gasteiger partial charge in [-0.05, 0) is 42.0 Å². The number of hydrogen-bond donors (Lipinski definition) is 1. The van der Waals surface area contributed by atoms with E-state index < -0.39 is 11.7 Å². The molecule has 0 saturated carbocycles. The van der Waals surface area contributed by atoms with Crippen LogP contribution in [-0.2, 0) is 16.7 Å². The number of carbonyl (C=O) groups excluding carboxylic acids is 1. The lowest BCUT2D eigenvalue weighted by Crippen LogP contribution is -2.27. The first-order chi connectivity index (χ1) is 17.4. The van der Waals surface area contributed by atoms with E-state index in [-0.39, 0.29) is 11.6 Å². The molecule has 36 heavy (non-hydrogen) atoms. The maximum Gasteiger partial charge on any atom is 0.416 e.